The van der Waals surface area contributed by atoms with Crippen molar-refractivity contribution in [1.82, 2.24) is 0 Å². The summed E-state index contributed by atoms with van der Waals surface area (Å²) in [5.41, 5.74) is -0.335. The van der Waals surface area contributed by atoms with E-state index in [0.717, 1.165) is 10.0 Å². The summed E-state index contributed by atoms with van der Waals surface area (Å²) in [4.78, 5) is 12.3. The van der Waals surface area contributed by atoms with E-state index < -0.39 is 23.3 Å². The van der Waals surface area contributed by atoms with Crippen molar-refractivity contribution < 1.29 is 19.0 Å². The Morgan fingerprint density at radius 3 is 2.08 bits per heavy atom. The van der Waals surface area contributed by atoms with Gasteiger partial charge in [-0.2, -0.15) is 0 Å². The Hall–Kier alpha value is -1.72. The molecular weight excluding hydrogens is 375 g/mol. The van der Waals surface area contributed by atoms with Crippen molar-refractivity contribution >= 4 is 21.9 Å². The van der Waals surface area contributed by atoms with Gasteiger partial charge >= 0.3 is 5.97 Å². The van der Waals surface area contributed by atoms with Gasteiger partial charge < -0.3 is 9.84 Å². The van der Waals surface area contributed by atoms with E-state index in [1.165, 1.54) is 31.4 Å². The Morgan fingerprint density at radius 1 is 1.12 bits per heavy atom. The van der Waals surface area contributed by atoms with Gasteiger partial charge in [0.1, 0.15) is 5.82 Å². The third-order valence-electron chi connectivity index (χ3n) is 4.25. The summed E-state index contributed by atoms with van der Waals surface area (Å²) >= 11 is 3.39. The van der Waals surface area contributed by atoms with Gasteiger partial charge in [0.05, 0.1) is 0 Å². The molecule has 2 aromatic rings. The smallest absolute Gasteiger partial charge is 0.341 e. The molecule has 2 rings (SSSR count). The quantitative estimate of drug-likeness (QED) is 0.753. The molecule has 0 aromatic heterocycles. The summed E-state index contributed by atoms with van der Waals surface area (Å²) in [7, 11) is 1.38. The third kappa shape index (κ3) is 3.37. The first-order chi connectivity index (χ1) is 11.3. The number of carboxylic acid groups (broad SMARTS) is 1. The Morgan fingerprint density at radius 2 is 1.67 bits per heavy atom. The predicted molar refractivity (Wildman–Crippen MR) is 94.4 cm³/mol. The highest BCUT2D eigenvalue weighted by Gasteiger charge is 2.50. The van der Waals surface area contributed by atoms with E-state index in [2.05, 4.69) is 15.9 Å². The Bertz CT molecular complexity index is 698. The number of methoxy groups -OCH3 is 1. The maximum Gasteiger partial charge on any atom is 0.341 e. The first-order valence-corrected chi connectivity index (χ1v) is 8.42. The van der Waals surface area contributed by atoms with E-state index in [4.69, 9.17) is 4.74 Å². The first kappa shape index (κ1) is 18.6. The van der Waals surface area contributed by atoms with Crippen LogP contribution in [-0.4, -0.2) is 18.2 Å². The number of rotatable bonds is 6. The summed E-state index contributed by atoms with van der Waals surface area (Å²) < 4.78 is 19.8. The molecule has 3 nitrogen and oxygen atoms in total. The van der Waals surface area contributed by atoms with Crippen molar-refractivity contribution in [3.63, 3.8) is 0 Å². The minimum atomic E-state index is -1.60. The molecule has 2 aromatic carbocycles. The summed E-state index contributed by atoms with van der Waals surface area (Å²) in [6, 6.07) is 13.0. The van der Waals surface area contributed by atoms with Gasteiger partial charge in [-0.05, 0) is 41.3 Å². The fourth-order valence-electron chi connectivity index (χ4n) is 3.22. The molecular formula is C19H20BrFO3. The highest BCUT2D eigenvalue weighted by molar-refractivity contribution is 9.10. The molecule has 0 heterocycles. The SMILES string of the molecule is CO[C@@](C(=O)O)(c1ccc(F)cc1)C(c1ccc(Br)cc1)C(C)C. The van der Waals surface area contributed by atoms with E-state index in [9.17, 15) is 14.3 Å². The lowest BCUT2D eigenvalue weighted by Gasteiger charge is -2.39. The van der Waals surface area contributed by atoms with Gasteiger partial charge in [0, 0.05) is 17.5 Å². The van der Waals surface area contributed by atoms with E-state index in [-0.39, 0.29) is 5.92 Å². The van der Waals surface area contributed by atoms with Gasteiger partial charge in [-0.3, -0.25) is 0 Å². The van der Waals surface area contributed by atoms with Crippen LogP contribution in [0.15, 0.2) is 53.0 Å². The maximum atomic E-state index is 13.3. The van der Waals surface area contributed by atoms with Crippen molar-refractivity contribution in [2.75, 3.05) is 7.11 Å². The average molecular weight is 395 g/mol. The topological polar surface area (TPSA) is 46.5 Å². The molecule has 0 aliphatic rings. The van der Waals surface area contributed by atoms with Gasteiger partial charge in [0.15, 0.2) is 5.60 Å². The standard InChI is InChI=1S/C19H20BrFO3/c1-12(2)17(13-4-8-15(20)9-5-13)19(24-3,18(22)23)14-6-10-16(21)11-7-14/h4-12,17H,1-3H3,(H,22,23)/t17?,19-/m0/s1. The van der Waals surface area contributed by atoms with E-state index in [1.54, 1.807) is 0 Å². The summed E-state index contributed by atoms with van der Waals surface area (Å²) in [5.74, 6) is -1.98. The van der Waals surface area contributed by atoms with Crippen LogP contribution >= 0.6 is 15.9 Å². The number of carboxylic acids is 1. The van der Waals surface area contributed by atoms with Crippen molar-refractivity contribution in [2.24, 2.45) is 5.92 Å². The molecule has 0 saturated carbocycles. The Balaban J connectivity index is 2.68. The molecule has 0 bridgehead atoms. The predicted octanol–water partition coefficient (Wildman–Crippen LogP) is 4.95. The largest absolute Gasteiger partial charge is 0.479 e. The molecule has 0 radical (unpaired) electrons. The molecule has 0 spiro atoms. The zero-order chi connectivity index (χ0) is 17.9. The van der Waals surface area contributed by atoms with Crippen LogP contribution in [0, 0.1) is 11.7 Å². The number of halogens is 2. The van der Waals surface area contributed by atoms with E-state index in [0.29, 0.717) is 5.56 Å². The second kappa shape index (κ2) is 7.45. The molecule has 5 heteroatoms. The molecule has 1 N–H and O–H groups in total. The lowest BCUT2D eigenvalue weighted by atomic mass is 9.71. The molecule has 2 atom stereocenters. The van der Waals surface area contributed by atoms with Crippen molar-refractivity contribution in [1.29, 1.82) is 0 Å². The molecule has 0 aliphatic carbocycles. The Labute approximate surface area is 149 Å². The van der Waals surface area contributed by atoms with E-state index >= 15 is 0 Å². The summed E-state index contributed by atoms with van der Waals surface area (Å²) in [6.07, 6.45) is 0. The van der Waals surface area contributed by atoms with Gasteiger partial charge in [-0.25, -0.2) is 9.18 Å². The average Bonchev–Trinajstić information content (AvgIpc) is 2.54. The summed E-state index contributed by atoms with van der Waals surface area (Å²) in [6.45, 7) is 3.90. The number of benzene rings is 2. The van der Waals surface area contributed by atoms with Crippen LogP contribution in [0.5, 0.6) is 0 Å². The van der Waals surface area contributed by atoms with Gasteiger partial charge in [0.25, 0.3) is 0 Å². The number of ether oxygens (including phenoxy) is 1. The van der Waals surface area contributed by atoms with Crippen molar-refractivity contribution in [3.05, 3.63) is 69.9 Å². The van der Waals surface area contributed by atoms with Crippen molar-refractivity contribution in [2.45, 2.75) is 25.4 Å². The number of hydrogen-bond acceptors (Lipinski definition) is 2. The zero-order valence-corrected chi connectivity index (χ0v) is 15.4. The minimum Gasteiger partial charge on any atom is -0.479 e. The van der Waals surface area contributed by atoms with E-state index in [1.807, 2.05) is 38.1 Å². The van der Waals surface area contributed by atoms with Crippen LogP contribution in [0.1, 0.15) is 30.9 Å². The normalized spacial score (nSPS) is 15.1. The highest BCUT2D eigenvalue weighted by Crippen LogP contribution is 2.45. The second-order valence-corrected chi connectivity index (χ2v) is 6.94. The molecule has 128 valence electrons. The molecule has 0 amide bonds. The van der Waals surface area contributed by atoms with Gasteiger partial charge in [0.2, 0.25) is 0 Å². The molecule has 0 aliphatic heterocycles. The number of carbonyl (C=O) groups is 1. The highest BCUT2D eigenvalue weighted by atomic mass is 79.9. The minimum absolute atomic E-state index is 0.0210. The van der Waals surface area contributed by atoms with Crippen LogP contribution in [0.4, 0.5) is 4.39 Å². The van der Waals surface area contributed by atoms with Crippen LogP contribution in [-0.2, 0) is 15.1 Å². The molecule has 0 saturated heterocycles. The van der Waals surface area contributed by atoms with Gasteiger partial charge in [-0.15, -0.1) is 0 Å². The van der Waals surface area contributed by atoms with Crippen LogP contribution in [0.25, 0.3) is 0 Å². The third-order valence-corrected chi connectivity index (χ3v) is 4.78. The first-order valence-electron chi connectivity index (χ1n) is 7.63. The molecule has 24 heavy (non-hydrogen) atoms. The zero-order valence-electron chi connectivity index (χ0n) is 13.8. The fraction of sp³-hybridized carbons (Fsp3) is 0.316. The Kier molecular flexibility index (Phi) is 5.78. The lowest BCUT2D eigenvalue weighted by Crippen LogP contribution is -2.45. The second-order valence-electron chi connectivity index (χ2n) is 6.03. The monoisotopic (exact) mass is 394 g/mol. The lowest BCUT2D eigenvalue weighted by molar-refractivity contribution is -0.169. The number of aliphatic carboxylic acids is 1. The summed E-state index contributed by atoms with van der Waals surface area (Å²) in [5, 5.41) is 10.1. The number of hydrogen-bond donors (Lipinski definition) is 1. The molecule has 1 unspecified atom stereocenters. The molecule has 0 fully saturated rings. The van der Waals surface area contributed by atoms with Crippen molar-refractivity contribution in [3.8, 4) is 0 Å². The fourth-order valence-corrected chi connectivity index (χ4v) is 3.49. The maximum absolute atomic E-state index is 13.3. The van der Waals surface area contributed by atoms with Crippen LogP contribution < -0.4 is 0 Å². The van der Waals surface area contributed by atoms with Crippen LogP contribution in [0.2, 0.25) is 0 Å². The van der Waals surface area contributed by atoms with Crippen LogP contribution in [0.3, 0.4) is 0 Å². The van der Waals surface area contributed by atoms with Gasteiger partial charge in [-0.1, -0.05) is 54.0 Å².